The van der Waals surface area contributed by atoms with Crippen LogP contribution in [0.4, 0.5) is 0 Å². The molecule has 82 valence electrons. The Morgan fingerprint density at radius 2 is 2.19 bits per heavy atom. The molecule has 0 bridgehead atoms. The molecule has 2 heterocycles. The second kappa shape index (κ2) is 3.11. The van der Waals surface area contributed by atoms with E-state index in [-0.39, 0.29) is 11.7 Å². The van der Waals surface area contributed by atoms with Gasteiger partial charge in [-0.3, -0.25) is 0 Å². The van der Waals surface area contributed by atoms with Crippen molar-refractivity contribution in [1.29, 1.82) is 0 Å². The van der Waals surface area contributed by atoms with Gasteiger partial charge in [0.25, 0.3) is 0 Å². The summed E-state index contributed by atoms with van der Waals surface area (Å²) >= 11 is 0. The molecule has 0 radical (unpaired) electrons. The van der Waals surface area contributed by atoms with E-state index in [1.165, 1.54) is 6.07 Å². The normalized spacial score (nSPS) is 18.5. The topological polar surface area (TPSA) is 39.4 Å². The van der Waals surface area contributed by atoms with Crippen LogP contribution in [-0.4, -0.2) is 6.10 Å². The van der Waals surface area contributed by atoms with Gasteiger partial charge in [0.05, 0.1) is 0 Å². The van der Waals surface area contributed by atoms with Crippen molar-refractivity contribution in [2.75, 3.05) is 0 Å². The zero-order valence-corrected chi connectivity index (χ0v) is 9.24. The first-order valence-electron chi connectivity index (χ1n) is 5.38. The molecule has 0 spiro atoms. The summed E-state index contributed by atoms with van der Waals surface area (Å²) in [4.78, 5) is 11.4. The molecule has 16 heavy (non-hydrogen) atoms. The number of fused-ring (bicyclic) bond motifs is 3. The maximum Gasteiger partial charge on any atom is 0.336 e. The van der Waals surface area contributed by atoms with E-state index >= 15 is 0 Å². The molecule has 1 aliphatic heterocycles. The molecule has 1 atom stereocenters. The Morgan fingerprint density at radius 1 is 1.38 bits per heavy atom. The maximum absolute atomic E-state index is 11.4. The Labute approximate surface area is 92.6 Å². The van der Waals surface area contributed by atoms with Crippen molar-refractivity contribution in [3.8, 4) is 5.75 Å². The van der Waals surface area contributed by atoms with Gasteiger partial charge in [-0.1, -0.05) is 0 Å². The molecule has 1 aliphatic rings. The lowest BCUT2D eigenvalue weighted by Crippen LogP contribution is -2.05. The molecule has 3 rings (SSSR count). The maximum atomic E-state index is 11.4. The number of ether oxygens (including phenoxy) is 1. The molecule has 0 N–H and O–H groups in total. The van der Waals surface area contributed by atoms with Gasteiger partial charge in [-0.05, 0) is 31.5 Å². The SMILES string of the molecule is Cc1cc(=O)oc2c3c(ccc12)OC(C)C3. The average Bonchev–Trinajstić information content (AvgIpc) is 2.58. The minimum absolute atomic E-state index is 0.159. The van der Waals surface area contributed by atoms with E-state index in [4.69, 9.17) is 9.15 Å². The minimum atomic E-state index is -0.294. The molecule has 3 nitrogen and oxygen atoms in total. The first-order chi connectivity index (χ1) is 7.65. The molecule has 1 aromatic heterocycles. The van der Waals surface area contributed by atoms with Crippen LogP contribution in [0.3, 0.4) is 0 Å². The molecule has 2 aromatic rings. The van der Waals surface area contributed by atoms with Gasteiger partial charge in [0.2, 0.25) is 0 Å². The van der Waals surface area contributed by atoms with Gasteiger partial charge < -0.3 is 9.15 Å². The lowest BCUT2D eigenvalue weighted by molar-refractivity contribution is 0.254. The van der Waals surface area contributed by atoms with E-state index in [1.54, 1.807) is 0 Å². The smallest absolute Gasteiger partial charge is 0.336 e. The van der Waals surface area contributed by atoms with E-state index in [0.717, 1.165) is 28.7 Å². The molecule has 1 aromatic carbocycles. The fourth-order valence-electron chi connectivity index (χ4n) is 2.27. The van der Waals surface area contributed by atoms with Crippen molar-refractivity contribution < 1.29 is 9.15 Å². The summed E-state index contributed by atoms with van der Waals surface area (Å²) in [5.74, 6) is 0.841. The Balaban J connectivity index is 2.41. The number of benzene rings is 1. The third kappa shape index (κ3) is 1.24. The summed E-state index contributed by atoms with van der Waals surface area (Å²) in [6.07, 6.45) is 0.963. The summed E-state index contributed by atoms with van der Waals surface area (Å²) in [6.45, 7) is 3.94. The number of hydrogen-bond donors (Lipinski definition) is 0. The Morgan fingerprint density at radius 3 is 3.00 bits per heavy atom. The Bertz CT molecular complexity index is 625. The highest BCUT2D eigenvalue weighted by atomic mass is 16.5. The summed E-state index contributed by atoms with van der Waals surface area (Å²) < 4.78 is 10.9. The fraction of sp³-hybridized carbons (Fsp3) is 0.308. The van der Waals surface area contributed by atoms with Gasteiger partial charge in [-0.15, -0.1) is 0 Å². The third-order valence-corrected chi connectivity index (χ3v) is 3.00. The molecular weight excluding hydrogens is 204 g/mol. The van der Waals surface area contributed by atoms with Crippen LogP contribution in [0.2, 0.25) is 0 Å². The molecule has 0 saturated carbocycles. The third-order valence-electron chi connectivity index (χ3n) is 3.00. The van der Waals surface area contributed by atoms with E-state index in [1.807, 2.05) is 26.0 Å². The number of hydrogen-bond acceptors (Lipinski definition) is 3. The highest BCUT2D eigenvalue weighted by Gasteiger charge is 2.23. The van der Waals surface area contributed by atoms with Crippen LogP contribution in [0.1, 0.15) is 18.1 Å². The minimum Gasteiger partial charge on any atom is -0.490 e. The van der Waals surface area contributed by atoms with Crippen molar-refractivity contribution in [2.45, 2.75) is 26.4 Å². The molecular formula is C13H12O3. The van der Waals surface area contributed by atoms with Crippen molar-refractivity contribution >= 4 is 11.0 Å². The number of rotatable bonds is 0. The lowest BCUT2D eigenvalue weighted by atomic mass is 10.0. The second-order valence-corrected chi connectivity index (χ2v) is 4.30. The summed E-state index contributed by atoms with van der Waals surface area (Å²) in [6, 6.07) is 5.42. The first-order valence-corrected chi connectivity index (χ1v) is 5.38. The molecule has 0 saturated heterocycles. The standard InChI is InChI=1S/C13H12O3/c1-7-5-12(14)16-13-9(7)3-4-11-10(13)6-8(2)15-11/h3-5,8H,6H2,1-2H3. The predicted octanol–water partition coefficient (Wildman–Crippen LogP) is 2.42. The van der Waals surface area contributed by atoms with E-state index < -0.39 is 0 Å². The van der Waals surface area contributed by atoms with Crippen molar-refractivity contribution in [2.24, 2.45) is 0 Å². The van der Waals surface area contributed by atoms with Gasteiger partial charge >= 0.3 is 5.63 Å². The zero-order valence-electron chi connectivity index (χ0n) is 9.24. The molecule has 3 heteroatoms. The quantitative estimate of drug-likeness (QED) is 0.635. The molecule has 0 fully saturated rings. The Hall–Kier alpha value is -1.77. The van der Waals surface area contributed by atoms with Crippen LogP contribution in [-0.2, 0) is 6.42 Å². The van der Waals surface area contributed by atoms with Crippen LogP contribution in [0, 0.1) is 6.92 Å². The van der Waals surface area contributed by atoms with Gasteiger partial charge in [0.1, 0.15) is 17.4 Å². The highest BCUT2D eigenvalue weighted by molar-refractivity contribution is 5.85. The van der Waals surface area contributed by atoms with Crippen LogP contribution in [0.5, 0.6) is 5.75 Å². The zero-order chi connectivity index (χ0) is 11.3. The van der Waals surface area contributed by atoms with Crippen LogP contribution < -0.4 is 10.4 Å². The van der Waals surface area contributed by atoms with Crippen LogP contribution in [0.25, 0.3) is 11.0 Å². The predicted molar refractivity (Wildman–Crippen MR) is 61.0 cm³/mol. The first kappa shape index (κ1) is 9.46. The van der Waals surface area contributed by atoms with E-state index in [0.29, 0.717) is 5.58 Å². The van der Waals surface area contributed by atoms with Crippen molar-refractivity contribution in [3.63, 3.8) is 0 Å². The van der Waals surface area contributed by atoms with Gasteiger partial charge in [0, 0.05) is 23.4 Å². The molecule has 1 unspecified atom stereocenters. The van der Waals surface area contributed by atoms with Crippen molar-refractivity contribution in [1.82, 2.24) is 0 Å². The largest absolute Gasteiger partial charge is 0.490 e. The van der Waals surface area contributed by atoms with Gasteiger partial charge in [-0.2, -0.15) is 0 Å². The van der Waals surface area contributed by atoms with Crippen LogP contribution >= 0.6 is 0 Å². The molecule has 0 amide bonds. The fourth-order valence-corrected chi connectivity index (χ4v) is 2.27. The lowest BCUT2D eigenvalue weighted by Gasteiger charge is -2.04. The van der Waals surface area contributed by atoms with Crippen molar-refractivity contribution in [3.05, 3.63) is 39.7 Å². The van der Waals surface area contributed by atoms with E-state index in [2.05, 4.69) is 0 Å². The van der Waals surface area contributed by atoms with Crippen LogP contribution in [0.15, 0.2) is 27.4 Å². The average molecular weight is 216 g/mol. The van der Waals surface area contributed by atoms with Gasteiger partial charge in [0.15, 0.2) is 0 Å². The second-order valence-electron chi connectivity index (χ2n) is 4.30. The van der Waals surface area contributed by atoms with E-state index in [9.17, 15) is 4.79 Å². The highest BCUT2D eigenvalue weighted by Crippen LogP contribution is 2.35. The molecule has 0 aliphatic carbocycles. The monoisotopic (exact) mass is 216 g/mol. The van der Waals surface area contributed by atoms with Gasteiger partial charge in [-0.25, -0.2) is 4.79 Å². The Kier molecular flexibility index (Phi) is 1.84. The summed E-state index contributed by atoms with van der Waals surface area (Å²) in [5, 5.41) is 0.996. The summed E-state index contributed by atoms with van der Waals surface area (Å²) in [7, 11) is 0. The summed E-state index contributed by atoms with van der Waals surface area (Å²) in [5.41, 5.74) is 2.37. The number of aryl methyl sites for hydroxylation is 1.